The van der Waals surface area contributed by atoms with Crippen molar-refractivity contribution in [1.29, 1.82) is 0 Å². The summed E-state index contributed by atoms with van der Waals surface area (Å²) < 4.78 is 26.6. The number of fused-ring (bicyclic) bond motifs is 2. The van der Waals surface area contributed by atoms with Crippen LogP contribution in [0, 0.1) is 30.5 Å². The number of hydrogen-bond acceptors (Lipinski definition) is 7. The van der Waals surface area contributed by atoms with Gasteiger partial charge >= 0.3 is 12.0 Å². The van der Waals surface area contributed by atoms with Gasteiger partial charge in [0.1, 0.15) is 11.6 Å². The molecule has 2 fully saturated rings. The van der Waals surface area contributed by atoms with Crippen LogP contribution in [0.4, 0.5) is 10.4 Å². The number of halogens is 1. The van der Waals surface area contributed by atoms with Gasteiger partial charge in [0.15, 0.2) is 11.6 Å². The average Bonchev–Trinajstić information content (AvgIpc) is 3.39. The zero-order valence-corrected chi connectivity index (χ0v) is 18.0. The van der Waals surface area contributed by atoms with Gasteiger partial charge in [-0.05, 0) is 63.5 Å². The van der Waals surface area contributed by atoms with E-state index in [1.54, 1.807) is 16.8 Å². The van der Waals surface area contributed by atoms with Crippen molar-refractivity contribution in [3.63, 3.8) is 0 Å². The predicted molar refractivity (Wildman–Crippen MR) is 112 cm³/mol. The molecule has 1 aliphatic carbocycles. The maximum absolute atomic E-state index is 13.6. The van der Waals surface area contributed by atoms with E-state index in [0.29, 0.717) is 41.4 Å². The minimum Gasteiger partial charge on any atom is -0.424 e. The first-order chi connectivity index (χ1) is 15.0. The number of ether oxygens (including phenoxy) is 1. The third kappa shape index (κ3) is 4.00. The highest BCUT2D eigenvalue weighted by Crippen LogP contribution is 2.44. The Bertz CT molecular complexity index is 1050. The summed E-state index contributed by atoms with van der Waals surface area (Å²) in [4.78, 5) is 11.3. The molecule has 5 rings (SSSR count). The summed E-state index contributed by atoms with van der Waals surface area (Å²) in [5.74, 6) is 3.14. The number of aryl methyl sites for hydroxylation is 1. The van der Waals surface area contributed by atoms with E-state index in [1.165, 1.54) is 25.0 Å². The summed E-state index contributed by atoms with van der Waals surface area (Å²) in [5, 5.41) is 8.66. The highest BCUT2D eigenvalue weighted by atomic mass is 19.1. The van der Waals surface area contributed by atoms with E-state index in [4.69, 9.17) is 14.4 Å². The van der Waals surface area contributed by atoms with Crippen LogP contribution in [0.15, 0.2) is 28.8 Å². The van der Waals surface area contributed by atoms with Gasteiger partial charge in [-0.1, -0.05) is 11.2 Å². The van der Waals surface area contributed by atoms with Crippen molar-refractivity contribution < 1.29 is 13.7 Å². The molecule has 2 aliphatic rings. The normalized spacial score (nSPS) is 23.0. The molecule has 0 amide bonds. The van der Waals surface area contributed by atoms with Gasteiger partial charge in [0, 0.05) is 25.6 Å². The Morgan fingerprint density at radius 1 is 1.19 bits per heavy atom. The largest absolute Gasteiger partial charge is 0.424 e. The van der Waals surface area contributed by atoms with Gasteiger partial charge in [0.2, 0.25) is 0 Å². The lowest BCUT2D eigenvalue weighted by Gasteiger charge is -2.36. The number of benzene rings is 1. The minimum absolute atomic E-state index is 0.0872. The molecule has 31 heavy (non-hydrogen) atoms. The Morgan fingerprint density at radius 3 is 2.61 bits per heavy atom. The predicted octanol–water partition coefficient (Wildman–Crippen LogP) is 4.19. The fraction of sp³-hybridized carbons (Fsp3) is 0.545. The molecule has 3 atom stereocenters. The number of anilines is 1. The van der Waals surface area contributed by atoms with Crippen LogP contribution in [0.5, 0.6) is 11.8 Å². The molecule has 2 bridgehead atoms. The van der Waals surface area contributed by atoms with Crippen LogP contribution in [-0.4, -0.2) is 38.0 Å². The van der Waals surface area contributed by atoms with Crippen molar-refractivity contribution in [3.8, 4) is 11.8 Å². The van der Waals surface area contributed by atoms with Gasteiger partial charge in [-0.3, -0.25) is 0 Å². The second-order valence-electron chi connectivity index (χ2n) is 8.90. The van der Waals surface area contributed by atoms with E-state index in [0.717, 1.165) is 25.3 Å². The van der Waals surface area contributed by atoms with E-state index in [-0.39, 0.29) is 11.9 Å². The standard InChI is InChI=1S/C22H27FN6O2/c1-13(2)29-22(30-18-6-4-5-17(23)9-18)25-20(26-29)10-19-15-7-8-16(19)12-28(11-15)21-24-14(3)27-31-21/h4-6,9,13,15-16,19H,7-8,10-12H2,1-3H3/t15-,16+,19?. The number of piperidine rings is 1. The summed E-state index contributed by atoms with van der Waals surface area (Å²) >= 11 is 0. The molecule has 0 spiro atoms. The Kier molecular flexibility index (Phi) is 5.11. The van der Waals surface area contributed by atoms with Crippen molar-refractivity contribution in [3.05, 3.63) is 41.7 Å². The number of aromatic nitrogens is 5. The molecule has 0 N–H and O–H groups in total. The topological polar surface area (TPSA) is 82.1 Å². The van der Waals surface area contributed by atoms with Crippen molar-refractivity contribution in [2.24, 2.45) is 17.8 Å². The third-order valence-corrected chi connectivity index (χ3v) is 6.37. The second kappa shape index (κ2) is 7.94. The monoisotopic (exact) mass is 426 g/mol. The molecule has 0 radical (unpaired) electrons. The van der Waals surface area contributed by atoms with Crippen molar-refractivity contribution in [2.45, 2.75) is 46.1 Å². The highest BCUT2D eigenvalue weighted by Gasteiger charge is 2.43. The Hall–Kier alpha value is -2.97. The molecule has 8 nitrogen and oxygen atoms in total. The first-order valence-electron chi connectivity index (χ1n) is 10.9. The number of rotatable bonds is 6. The first-order valence-corrected chi connectivity index (χ1v) is 10.9. The van der Waals surface area contributed by atoms with Crippen LogP contribution >= 0.6 is 0 Å². The van der Waals surface area contributed by atoms with E-state index in [2.05, 4.69) is 20.0 Å². The molecule has 1 saturated carbocycles. The average molecular weight is 426 g/mol. The summed E-state index contributed by atoms with van der Waals surface area (Å²) in [6.07, 6.45) is 3.19. The lowest BCUT2D eigenvalue weighted by atomic mass is 9.82. The van der Waals surface area contributed by atoms with Crippen LogP contribution in [0.3, 0.4) is 0 Å². The molecule has 1 aromatic carbocycles. The smallest absolute Gasteiger partial charge is 0.324 e. The van der Waals surface area contributed by atoms with Crippen LogP contribution in [0.1, 0.15) is 44.4 Å². The lowest BCUT2D eigenvalue weighted by molar-refractivity contribution is 0.253. The molecule has 1 unspecified atom stereocenters. The summed E-state index contributed by atoms with van der Waals surface area (Å²) in [6, 6.07) is 7.21. The first kappa shape index (κ1) is 20.0. The van der Waals surface area contributed by atoms with Gasteiger partial charge in [0.25, 0.3) is 0 Å². The summed E-state index contributed by atoms with van der Waals surface area (Å²) in [6.45, 7) is 7.74. The SMILES string of the molecule is Cc1noc(N2C[C@H]3CC[C@@H](C2)C3Cc2nc(Oc3cccc(F)c3)n(C(C)C)n2)n1. The van der Waals surface area contributed by atoms with E-state index >= 15 is 0 Å². The zero-order chi connectivity index (χ0) is 21.5. The molecule has 164 valence electrons. The molecule has 2 aromatic heterocycles. The molecule has 1 aliphatic heterocycles. The Morgan fingerprint density at radius 2 is 1.97 bits per heavy atom. The zero-order valence-electron chi connectivity index (χ0n) is 18.0. The van der Waals surface area contributed by atoms with Crippen molar-refractivity contribution in [2.75, 3.05) is 18.0 Å². The molecule has 3 aromatic rings. The molecule has 9 heteroatoms. The maximum atomic E-state index is 13.6. The van der Waals surface area contributed by atoms with Gasteiger partial charge in [0.05, 0.1) is 6.04 Å². The van der Waals surface area contributed by atoms with Gasteiger partial charge in [-0.25, -0.2) is 9.07 Å². The van der Waals surface area contributed by atoms with E-state index < -0.39 is 0 Å². The second-order valence-corrected chi connectivity index (χ2v) is 8.90. The fourth-order valence-electron chi connectivity index (χ4n) is 4.93. The van der Waals surface area contributed by atoms with Gasteiger partial charge in [-0.15, -0.1) is 0 Å². The van der Waals surface area contributed by atoms with Crippen LogP contribution in [0.2, 0.25) is 0 Å². The quantitative estimate of drug-likeness (QED) is 0.585. The lowest BCUT2D eigenvalue weighted by Crippen LogP contribution is -2.43. The van der Waals surface area contributed by atoms with Crippen LogP contribution in [0.25, 0.3) is 0 Å². The van der Waals surface area contributed by atoms with E-state index in [1.807, 2.05) is 20.8 Å². The third-order valence-electron chi connectivity index (χ3n) is 6.37. The maximum Gasteiger partial charge on any atom is 0.324 e. The fourth-order valence-corrected chi connectivity index (χ4v) is 4.93. The Balaban J connectivity index is 1.32. The van der Waals surface area contributed by atoms with Crippen molar-refractivity contribution in [1.82, 2.24) is 24.9 Å². The van der Waals surface area contributed by atoms with Crippen molar-refractivity contribution >= 4 is 6.01 Å². The van der Waals surface area contributed by atoms with Crippen LogP contribution in [-0.2, 0) is 6.42 Å². The Labute approximate surface area is 180 Å². The molecular weight excluding hydrogens is 399 g/mol. The molecular formula is C22H27FN6O2. The summed E-state index contributed by atoms with van der Waals surface area (Å²) in [5.41, 5.74) is 0. The highest BCUT2D eigenvalue weighted by molar-refractivity contribution is 5.28. The van der Waals surface area contributed by atoms with Crippen LogP contribution < -0.4 is 9.64 Å². The van der Waals surface area contributed by atoms with Gasteiger partial charge < -0.3 is 14.2 Å². The molecule has 1 saturated heterocycles. The number of nitrogens with zero attached hydrogens (tertiary/aromatic N) is 6. The van der Waals surface area contributed by atoms with E-state index in [9.17, 15) is 4.39 Å². The minimum atomic E-state index is -0.340. The summed E-state index contributed by atoms with van der Waals surface area (Å²) in [7, 11) is 0. The molecule has 3 heterocycles. The number of hydrogen-bond donors (Lipinski definition) is 0. The van der Waals surface area contributed by atoms with Gasteiger partial charge in [-0.2, -0.15) is 15.1 Å².